The Kier molecular flexibility index (Phi) is 2.83. The second-order valence-corrected chi connectivity index (χ2v) is 4.47. The van der Waals surface area contributed by atoms with Crippen molar-refractivity contribution < 1.29 is 14.7 Å². The third-order valence-electron chi connectivity index (χ3n) is 2.98. The number of hydrogen-bond acceptors (Lipinski definition) is 2. The largest absolute Gasteiger partial charge is 0.481 e. The molecule has 2 unspecified atom stereocenters. The van der Waals surface area contributed by atoms with Crippen LogP contribution in [-0.2, 0) is 9.59 Å². The molecule has 0 radical (unpaired) electrons. The van der Waals surface area contributed by atoms with Crippen LogP contribution in [0.2, 0.25) is 0 Å². The highest BCUT2D eigenvalue weighted by atomic mass is 16.4. The summed E-state index contributed by atoms with van der Waals surface area (Å²) in [6.45, 7) is 5.19. The van der Waals surface area contributed by atoms with Crippen LogP contribution in [0.5, 0.6) is 0 Å². The fourth-order valence-corrected chi connectivity index (χ4v) is 1.16. The number of carbonyl (C=O) groups excluding carboxylic acids is 1. The zero-order valence-corrected chi connectivity index (χ0v) is 8.83. The maximum absolute atomic E-state index is 11.6. The van der Waals surface area contributed by atoms with E-state index in [4.69, 9.17) is 5.11 Å². The molecule has 1 aliphatic carbocycles. The first kappa shape index (κ1) is 11.0. The van der Waals surface area contributed by atoms with Gasteiger partial charge in [-0.2, -0.15) is 0 Å². The van der Waals surface area contributed by atoms with Gasteiger partial charge >= 0.3 is 5.97 Å². The zero-order valence-electron chi connectivity index (χ0n) is 8.83. The molecule has 1 aliphatic rings. The van der Waals surface area contributed by atoms with Crippen molar-refractivity contribution in [2.75, 3.05) is 0 Å². The molecule has 1 amide bonds. The van der Waals surface area contributed by atoms with Crippen molar-refractivity contribution in [2.45, 2.75) is 39.2 Å². The van der Waals surface area contributed by atoms with Gasteiger partial charge in [-0.05, 0) is 19.8 Å². The van der Waals surface area contributed by atoms with E-state index < -0.39 is 17.8 Å². The molecule has 80 valence electrons. The second-order valence-electron chi connectivity index (χ2n) is 4.47. The lowest BCUT2D eigenvalue weighted by Crippen LogP contribution is -2.41. The van der Waals surface area contributed by atoms with Gasteiger partial charge in [0.05, 0.1) is 5.92 Å². The summed E-state index contributed by atoms with van der Waals surface area (Å²) in [6, 6.07) is 0. The average molecular weight is 199 g/mol. The highest BCUT2D eigenvalue weighted by Crippen LogP contribution is 2.34. The number of amides is 1. The van der Waals surface area contributed by atoms with Crippen molar-refractivity contribution in [1.29, 1.82) is 0 Å². The smallest absolute Gasteiger partial charge is 0.307 e. The summed E-state index contributed by atoms with van der Waals surface area (Å²) in [7, 11) is 0. The van der Waals surface area contributed by atoms with Gasteiger partial charge in [0, 0.05) is 11.5 Å². The maximum atomic E-state index is 11.6. The molecular formula is C10H17NO3. The van der Waals surface area contributed by atoms with E-state index in [2.05, 4.69) is 5.32 Å². The Bertz CT molecular complexity index is 258. The van der Waals surface area contributed by atoms with Crippen molar-refractivity contribution in [3.05, 3.63) is 0 Å². The fraction of sp³-hybridized carbons (Fsp3) is 0.800. The lowest BCUT2D eigenvalue weighted by atomic mass is 9.95. The van der Waals surface area contributed by atoms with Gasteiger partial charge in [-0.3, -0.25) is 9.59 Å². The first-order valence-electron chi connectivity index (χ1n) is 4.90. The number of rotatable bonds is 4. The van der Waals surface area contributed by atoms with Gasteiger partial charge in [-0.25, -0.2) is 0 Å². The minimum absolute atomic E-state index is 0.0659. The molecule has 14 heavy (non-hydrogen) atoms. The number of aliphatic carboxylic acids is 1. The van der Waals surface area contributed by atoms with Crippen LogP contribution < -0.4 is 5.32 Å². The first-order valence-corrected chi connectivity index (χ1v) is 4.90. The molecule has 4 nitrogen and oxygen atoms in total. The van der Waals surface area contributed by atoms with E-state index in [1.54, 1.807) is 13.8 Å². The third kappa shape index (κ3) is 2.47. The molecule has 0 aliphatic heterocycles. The van der Waals surface area contributed by atoms with Gasteiger partial charge in [0.1, 0.15) is 0 Å². The number of carboxylic acids is 1. The molecule has 0 aromatic rings. The van der Waals surface area contributed by atoms with Crippen LogP contribution in [0.25, 0.3) is 0 Å². The van der Waals surface area contributed by atoms with E-state index >= 15 is 0 Å². The highest BCUT2D eigenvalue weighted by Gasteiger charge is 2.40. The van der Waals surface area contributed by atoms with E-state index in [9.17, 15) is 9.59 Å². The molecule has 0 aromatic carbocycles. The summed E-state index contributed by atoms with van der Waals surface area (Å²) in [5, 5.41) is 11.6. The second kappa shape index (κ2) is 3.59. The lowest BCUT2D eigenvalue weighted by Gasteiger charge is -2.19. The number of nitrogens with one attached hydrogen (secondary N) is 1. The summed E-state index contributed by atoms with van der Waals surface area (Å²) in [5.41, 5.74) is -0.0659. The van der Waals surface area contributed by atoms with Crippen molar-refractivity contribution >= 4 is 11.9 Å². The van der Waals surface area contributed by atoms with Gasteiger partial charge in [0.25, 0.3) is 0 Å². The van der Waals surface area contributed by atoms with Gasteiger partial charge in [0.15, 0.2) is 0 Å². The molecule has 1 rings (SSSR count). The van der Waals surface area contributed by atoms with Crippen LogP contribution in [-0.4, -0.2) is 22.5 Å². The molecule has 0 spiro atoms. The number of carboxylic acid groups (broad SMARTS) is 1. The monoisotopic (exact) mass is 199 g/mol. The van der Waals surface area contributed by atoms with E-state index in [0.29, 0.717) is 0 Å². The Morgan fingerprint density at radius 1 is 1.29 bits per heavy atom. The first-order chi connectivity index (χ1) is 6.36. The predicted octanol–water partition coefficient (Wildman–Crippen LogP) is 1.01. The summed E-state index contributed by atoms with van der Waals surface area (Å²) in [4.78, 5) is 22.2. The summed E-state index contributed by atoms with van der Waals surface area (Å²) < 4.78 is 0. The van der Waals surface area contributed by atoms with Crippen molar-refractivity contribution in [1.82, 2.24) is 5.32 Å². The molecule has 4 heteroatoms. The Hall–Kier alpha value is -1.06. The Labute approximate surface area is 83.7 Å². The molecule has 2 N–H and O–H groups in total. The molecule has 0 bridgehead atoms. The summed E-state index contributed by atoms with van der Waals surface area (Å²) in [6.07, 6.45) is 1.99. The average Bonchev–Trinajstić information content (AvgIpc) is 2.80. The SMILES string of the molecule is CC(C(=O)O)C(C)C(=O)NC1(C)CC1. The molecule has 2 atom stereocenters. The molecule has 0 saturated heterocycles. The Morgan fingerprint density at radius 2 is 1.79 bits per heavy atom. The van der Waals surface area contributed by atoms with E-state index in [-0.39, 0.29) is 11.4 Å². The number of hydrogen-bond donors (Lipinski definition) is 2. The summed E-state index contributed by atoms with van der Waals surface area (Å²) >= 11 is 0. The third-order valence-corrected chi connectivity index (χ3v) is 2.98. The lowest BCUT2D eigenvalue weighted by molar-refractivity contribution is -0.146. The van der Waals surface area contributed by atoms with Gasteiger partial charge in [0.2, 0.25) is 5.91 Å². The maximum Gasteiger partial charge on any atom is 0.307 e. The molecular weight excluding hydrogens is 182 g/mol. The van der Waals surface area contributed by atoms with E-state index in [1.165, 1.54) is 0 Å². The zero-order chi connectivity index (χ0) is 10.9. The van der Waals surface area contributed by atoms with Gasteiger partial charge < -0.3 is 10.4 Å². The normalized spacial score (nSPS) is 22.2. The predicted molar refractivity (Wildman–Crippen MR) is 51.7 cm³/mol. The summed E-state index contributed by atoms with van der Waals surface area (Å²) in [5.74, 6) is -2.17. The van der Waals surface area contributed by atoms with Crippen LogP contribution in [0.3, 0.4) is 0 Å². The van der Waals surface area contributed by atoms with Crippen LogP contribution >= 0.6 is 0 Å². The van der Waals surface area contributed by atoms with Crippen molar-refractivity contribution in [2.24, 2.45) is 11.8 Å². The van der Waals surface area contributed by atoms with E-state index in [0.717, 1.165) is 12.8 Å². The van der Waals surface area contributed by atoms with Crippen molar-refractivity contribution in [3.8, 4) is 0 Å². The minimum atomic E-state index is -0.923. The minimum Gasteiger partial charge on any atom is -0.481 e. The van der Waals surface area contributed by atoms with Gasteiger partial charge in [-0.1, -0.05) is 13.8 Å². The standard InChI is InChI=1S/C10H17NO3/c1-6(7(2)9(13)14)8(12)11-10(3)4-5-10/h6-7H,4-5H2,1-3H3,(H,11,12)(H,13,14). The van der Waals surface area contributed by atoms with Crippen molar-refractivity contribution in [3.63, 3.8) is 0 Å². The van der Waals surface area contributed by atoms with Crippen LogP contribution in [0, 0.1) is 11.8 Å². The molecule has 1 saturated carbocycles. The van der Waals surface area contributed by atoms with Gasteiger partial charge in [-0.15, -0.1) is 0 Å². The number of carbonyl (C=O) groups is 2. The molecule has 1 fully saturated rings. The fourth-order valence-electron chi connectivity index (χ4n) is 1.16. The van der Waals surface area contributed by atoms with Crippen LogP contribution in [0.15, 0.2) is 0 Å². The topological polar surface area (TPSA) is 66.4 Å². The molecule has 0 heterocycles. The van der Waals surface area contributed by atoms with Crippen LogP contribution in [0.4, 0.5) is 0 Å². The van der Waals surface area contributed by atoms with E-state index in [1.807, 2.05) is 6.92 Å². The molecule has 0 aromatic heterocycles. The van der Waals surface area contributed by atoms with Crippen LogP contribution in [0.1, 0.15) is 33.6 Å². The quantitative estimate of drug-likeness (QED) is 0.710. The highest BCUT2D eigenvalue weighted by molar-refractivity contribution is 5.84. The Balaban J connectivity index is 2.47. The Morgan fingerprint density at radius 3 is 2.14 bits per heavy atom.